The Balaban J connectivity index is 2.54. The van der Waals surface area contributed by atoms with E-state index in [4.69, 9.17) is 9.84 Å². The first-order valence-electron chi connectivity index (χ1n) is 5.19. The highest BCUT2D eigenvalue weighted by Crippen LogP contribution is 2.24. The fourth-order valence-corrected chi connectivity index (χ4v) is 1.10. The van der Waals surface area contributed by atoms with Gasteiger partial charge in [0.1, 0.15) is 12.5 Å². The van der Waals surface area contributed by atoms with Crippen LogP contribution >= 0.6 is 0 Å². The highest BCUT2D eigenvalue weighted by Gasteiger charge is 2.55. The van der Waals surface area contributed by atoms with Crippen LogP contribution in [0.3, 0.4) is 0 Å². The summed E-state index contributed by atoms with van der Waals surface area (Å²) in [5.74, 6) is -4.97. The summed E-state index contributed by atoms with van der Waals surface area (Å²) >= 11 is 0. The van der Waals surface area contributed by atoms with Gasteiger partial charge in [0.05, 0.1) is 6.61 Å². The van der Waals surface area contributed by atoms with Gasteiger partial charge in [-0.3, -0.25) is 0 Å². The number of carboxylic acid groups (broad SMARTS) is 1. The van der Waals surface area contributed by atoms with Crippen molar-refractivity contribution >= 4 is 11.9 Å². The van der Waals surface area contributed by atoms with E-state index in [9.17, 15) is 9.59 Å². The highest BCUT2D eigenvalue weighted by molar-refractivity contribution is 6.01. The van der Waals surface area contributed by atoms with Crippen LogP contribution in [0.2, 0.25) is 0 Å². The van der Waals surface area contributed by atoms with E-state index in [1.54, 1.807) is 0 Å². The van der Waals surface area contributed by atoms with Crippen molar-refractivity contribution in [3.8, 4) is 0 Å². The van der Waals surface area contributed by atoms with Crippen molar-refractivity contribution in [1.29, 1.82) is 0 Å². The molecule has 0 aliphatic carbocycles. The SMILES string of the molecule is CC(C)(C)CCOC(=O)C1(C(=O)O)OC=CO1. The Kier molecular flexibility index (Phi) is 3.65. The zero-order valence-electron chi connectivity index (χ0n) is 10.1. The van der Waals surface area contributed by atoms with Crippen molar-refractivity contribution in [3.63, 3.8) is 0 Å². The highest BCUT2D eigenvalue weighted by atomic mass is 16.8. The second-order valence-electron chi connectivity index (χ2n) is 4.88. The van der Waals surface area contributed by atoms with Gasteiger partial charge < -0.3 is 19.3 Å². The summed E-state index contributed by atoms with van der Waals surface area (Å²) in [5.41, 5.74) is -0.00763. The first-order valence-corrected chi connectivity index (χ1v) is 5.19. The molecule has 0 spiro atoms. The standard InChI is InChI=1S/C11H16O6/c1-10(2,3)4-5-15-9(14)11(8(12)13)16-6-7-17-11/h6-7H,4-5H2,1-3H3,(H,12,13). The lowest BCUT2D eigenvalue weighted by atomic mass is 9.93. The smallest absolute Gasteiger partial charge is 0.452 e. The van der Waals surface area contributed by atoms with E-state index in [-0.39, 0.29) is 12.0 Å². The summed E-state index contributed by atoms with van der Waals surface area (Å²) in [5, 5.41) is 8.90. The zero-order chi connectivity index (χ0) is 13.1. The lowest BCUT2D eigenvalue weighted by molar-refractivity contribution is -0.213. The molecule has 1 heterocycles. The third-order valence-electron chi connectivity index (χ3n) is 2.16. The largest absolute Gasteiger partial charge is 0.475 e. The molecule has 0 saturated heterocycles. The Hall–Kier alpha value is -1.72. The van der Waals surface area contributed by atoms with Crippen molar-refractivity contribution in [1.82, 2.24) is 0 Å². The van der Waals surface area contributed by atoms with Gasteiger partial charge in [-0.2, -0.15) is 0 Å². The van der Waals surface area contributed by atoms with Crippen molar-refractivity contribution in [2.45, 2.75) is 33.0 Å². The van der Waals surface area contributed by atoms with Crippen LogP contribution in [0.4, 0.5) is 0 Å². The number of aliphatic carboxylic acids is 1. The van der Waals surface area contributed by atoms with Crippen molar-refractivity contribution in [2.75, 3.05) is 6.61 Å². The van der Waals surface area contributed by atoms with Gasteiger partial charge in [-0.15, -0.1) is 0 Å². The predicted molar refractivity (Wildman–Crippen MR) is 56.7 cm³/mol. The Morgan fingerprint density at radius 1 is 1.29 bits per heavy atom. The van der Waals surface area contributed by atoms with Crippen LogP contribution in [0.25, 0.3) is 0 Å². The number of hydrogen-bond donors (Lipinski definition) is 1. The van der Waals surface area contributed by atoms with E-state index in [2.05, 4.69) is 9.47 Å². The number of carbonyl (C=O) groups excluding carboxylic acids is 1. The summed E-state index contributed by atoms with van der Waals surface area (Å²) in [6.07, 6.45) is 2.61. The van der Waals surface area contributed by atoms with Crippen LogP contribution in [0, 0.1) is 5.41 Å². The third kappa shape index (κ3) is 3.12. The van der Waals surface area contributed by atoms with E-state index >= 15 is 0 Å². The van der Waals surface area contributed by atoms with Gasteiger partial charge in [-0.25, -0.2) is 9.59 Å². The molecular formula is C11H16O6. The van der Waals surface area contributed by atoms with Crippen LogP contribution in [0.15, 0.2) is 12.5 Å². The number of hydrogen-bond acceptors (Lipinski definition) is 5. The third-order valence-corrected chi connectivity index (χ3v) is 2.16. The predicted octanol–water partition coefficient (Wildman–Crippen LogP) is 1.26. The number of esters is 1. The lowest BCUT2D eigenvalue weighted by Crippen LogP contribution is -2.49. The molecule has 0 bridgehead atoms. The minimum absolute atomic E-state index is 0.00763. The minimum atomic E-state index is -2.38. The summed E-state index contributed by atoms with van der Waals surface area (Å²) in [4.78, 5) is 22.5. The molecule has 0 atom stereocenters. The number of rotatable bonds is 4. The Bertz CT molecular complexity index is 330. The average molecular weight is 244 g/mol. The molecule has 1 N–H and O–H groups in total. The maximum absolute atomic E-state index is 11.6. The van der Waals surface area contributed by atoms with Crippen LogP contribution < -0.4 is 0 Å². The molecule has 0 radical (unpaired) electrons. The van der Waals surface area contributed by atoms with Crippen LogP contribution in [0.1, 0.15) is 27.2 Å². The molecule has 0 unspecified atom stereocenters. The van der Waals surface area contributed by atoms with Crippen molar-refractivity contribution in [3.05, 3.63) is 12.5 Å². The second kappa shape index (κ2) is 4.65. The van der Waals surface area contributed by atoms with Gasteiger partial charge in [0.15, 0.2) is 0 Å². The topological polar surface area (TPSA) is 82.1 Å². The first-order chi connectivity index (χ1) is 7.78. The molecule has 1 rings (SSSR count). The molecule has 0 fully saturated rings. The van der Waals surface area contributed by atoms with E-state index in [0.717, 1.165) is 12.5 Å². The van der Waals surface area contributed by atoms with Gasteiger partial charge in [-0.05, 0) is 11.8 Å². The molecule has 0 aromatic heterocycles. The molecule has 0 amide bonds. The maximum Gasteiger partial charge on any atom is 0.452 e. The summed E-state index contributed by atoms with van der Waals surface area (Å²) in [6.45, 7) is 6.07. The quantitative estimate of drug-likeness (QED) is 0.592. The van der Waals surface area contributed by atoms with E-state index in [1.165, 1.54) is 0 Å². The second-order valence-corrected chi connectivity index (χ2v) is 4.88. The van der Waals surface area contributed by atoms with Crippen molar-refractivity contribution in [2.24, 2.45) is 5.41 Å². The molecule has 1 aliphatic rings. The van der Waals surface area contributed by atoms with E-state index in [1.807, 2.05) is 20.8 Å². The number of carbonyl (C=O) groups is 2. The minimum Gasteiger partial charge on any atom is -0.475 e. The van der Waals surface area contributed by atoms with Gasteiger partial charge in [0.25, 0.3) is 0 Å². The Labute approximate surface area is 99.2 Å². The van der Waals surface area contributed by atoms with Gasteiger partial charge in [0, 0.05) is 0 Å². The molecule has 17 heavy (non-hydrogen) atoms. The van der Waals surface area contributed by atoms with E-state index < -0.39 is 17.7 Å². The van der Waals surface area contributed by atoms with Gasteiger partial charge in [0.2, 0.25) is 0 Å². The molecule has 1 aliphatic heterocycles. The Morgan fingerprint density at radius 3 is 2.24 bits per heavy atom. The molecule has 0 aromatic carbocycles. The fourth-order valence-electron chi connectivity index (χ4n) is 1.10. The fraction of sp³-hybridized carbons (Fsp3) is 0.636. The van der Waals surface area contributed by atoms with E-state index in [0.29, 0.717) is 6.42 Å². The molecule has 6 nitrogen and oxygen atoms in total. The first kappa shape index (κ1) is 13.3. The van der Waals surface area contributed by atoms with Gasteiger partial charge >= 0.3 is 17.7 Å². The van der Waals surface area contributed by atoms with Crippen LogP contribution in [-0.4, -0.2) is 29.4 Å². The molecule has 0 saturated carbocycles. The molecule has 6 heteroatoms. The summed E-state index contributed by atoms with van der Waals surface area (Å²) in [7, 11) is 0. The summed E-state index contributed by atoms with van der Waals surface area (Å²) < 4.78 is 14.2. The van der Waals surface area contributed by atoms with Gasteiger partial charge in [-0.1, -0.05) is 20.8 Å². The number of ether oxygens (including phenoxy) is 3. The van der Waals surface area contributed by atoms with Crippen LogP contribution in [-0.2, 0) is 23.8 Å². The maximum atomic E-state index is 11.6. The normalized spacial score (nSPS) is 17.1. The summed E-state index contributed by atoms with van der Waals surface area (Å²) in [6, 6.07) is 0. The zero-order valence-corrected chi connectivity index (χ0v) is 10.1. The lowest BCUT2D eigenvalue weighted by Gasteiger charge is -2.22. The molecule has 96 valence electrons. The van der Waals surface area contributed by atoms with Crippen molar-refractivity contribution < 1.29 is 28.9 Å². The number of carboxylic acids is 1. The average Bonchev–Trinajstić information content (AvgIpc) is 2.64. The monoisotopic (exact) mass is 244 g/mol. The molecule has 0 aromatic rings. The van der Waals surface area contributed by atoms with Crippen LogP contribution in [0.5, 0.6) is 0 Å². The Morgan fingerprint density at radius 2 is 1.82 bits per heavy atom. The molecular weight excluding hydrogens is 228 g/mol.